The zero-order valence-corrected chi connectivity index (χ0v) is 14.8. The molecule has 0 aromatic carbocycles. The van der Waals surface area contributed by atoms with Crippen LogP contribution in [0.4, 0.5) is 0 Å². The molecule has 0 aliphatic carbocycles. The summed E-state index contributed by atoms with van der Waals surface area (Å²) in [7, 11) is -3.90. The Morgan fingerprint density at radius 1 is 1.25 bits per heavy atom. The van der Waals surface area contributed by atoms with Crippen LogP contribution in [0, 0.1) is 13.8 Å². The molecule has 0 radical (unpaired) electrons. The number of carboxylic acids is 1. The Bertz CT molecular complexity index is 663. The maximum atomic E-state index is 12.3. The van der Waals surface area contributed by atoms with Gasteiger partial charge in [-0.2, -0.15) is 4.72 Å². The van der Waals surface area contributed by atoms with Gasteiger partial charge in [0.05, 0.1) is 6.04 Å². The number of amides is 1. The minimum Gasteiger partial charge on any atom is -0.481 e. The number of carbonyl (C=O) groups excluding carboxylic acids is 1. The number of aromatic nitrogens is 1. The summed E-state index contributed by atoms with van der Waals surface area (Å²) in [6.07, 6.45) is 1.94. The van der Waals surface area contributed by atoms with E-state index in [4.69, 9.17) is 9.63 Å². The van der Waals surface area contributed by atoms with Gasteiger partial charge in [-0.3, -0.25) is 9.59 Å². The quantitative estimate of drug-likeness (QED) is 0.522. The van der Waals surface area contributed by atoms with Crippen LogP contribution in [-0.2, 0) is 19.6 Å². The number of sulfonamides is 1. The number of rotatable bonds is 10. The molecule has 1 unspecified atom stereocenters. The Balaban J connectivity index is 2.45. The van der Waals surface area contributed by atoms with Gasteiger partial charge in [0.1, 0.15) is 10.6 Å². The normalized spacial score (nSPS) is 12.8. The first kappa shape index (κ1) is 20.1. The topological polar surface area (TPSA) is 139 Å². The Morgan fingerprint density at radius 2 is 1.92 bits per heavy atom. The van der Waals surface area contributed by atoms with Gasteiger partial charge in [0.2, 0.25) is 15.9 Å². The molecule has 0 bridgehead atoms. The summed E-state index contributed by atoms with van der Waals surface area (Å²) in [5, 5.41) is 14.7. The van der Waals surface area contributed by atoms with Crippen molar-refractivity contribution in [1.29, 1.82) is 0 Å². The predicted octanol–water partition coefficient (Wildman–Crippen LogP) is 0.719. The van der Waals surface area contributed by atoms with Gasteiger partial charge in [-0.1, -0.05) is 11.6 Å². The monoisotopic (exact) mass is 361 g/mol. The van der Waals surface area contributed by atoms with Gasteiger partial charge >= 0.3 is 5.97 Å². The lowest BCUT2D eigenvalue weighted by Crippen LogP contribution is -2.45. The van der Waals surface area contributed by atoms with Gasteiger partial charge in [-0.05, 0) is 33.6 Å². The Kier molecular flexibility index (Phi) is 7.36. The van der Waals surface area contributed by atoms with Crippen molar-refractivity contribution in [3.63, 3.8) is 0 Å². The molecule has 136 valence electrons. The van der Waals surface area contributed by atoms with Gasteiger partial charge in [-0.25, -0.2) is 8.42 Å². The Hall–Kier alpha value is -1.94. The van der Waals surface area contributed by atoms with Gasteiger partial charge in [0.25, 0.3) is 0 Å². The first-order valence-electron chi connectivity index (χ1n) is 7.60. The molecule has 1 aromatic rings. The molecule has 0 saturated heterocycles. The molecular weight excluding hydrogens is 338 g/mol. The van der Waals surface area contributed by atoms with E-state index in [2.05, 4.69) is 15.2 Å². The molecular formula is C14H23N3O6S. The lowest BCUT2D eigenvalue weighted by Gasteiger charge is -2.14. The fraction of sp³-hybridized carbons (Fsp3) is 0.643. The highest BCUT2D eigenvalue weighted by Gasteiger charge is 2.27. The van der Waals surface area contributed by atoms with E-state index in [1.54, 1.807) is 0 Å². The van der Waals surface area contributed by atoms with Crippen molar-refractivity contribution < 1.29 is 27.6 Å². The van der Waals surface area contributed by atoms with Crippen LogP contribution in [0.1, 0.15) is 44.1 Å². The molecule has 1 amide bonds. The second-order valence-electron chi connectivity index (χ2n) is 5.49. The largest absolute Gasteiger partial charge is 0.481 e. The fourth-order valence-corrected chi connectivity index (χ4v) is 3.68. The lowest BCUT2D eigenvalue weighted by molar-refractivity contribution is -0.137. The SMILES string of the molecule is Cc1noc(C)c1S(=O)(=O)NC(C)C(=O)NCCCCCC(=O)O. The van der Waals surface area contributed by atoms with Crippen LogP contribution < -0.4 is 10.0 Å². The summed E-state index contributed by atoms with van der Waals surface area (Å²) in [5.74, 6) is -1.14. The molecule has 1 rings (SSSR count). The van der Waals surface area contributed by atoms with E-state index in [0.717, 1.165) is 0 Å². The first-order valence-corrected chi connectivity index (χ1v) is 9.08. The van der Waals surface area contributed by atoms with Gasteiger partial charge < -0.3 is 14.9 Å². The maximum Gasteiger partial charge on any atom is 0.303 e. The average molecular weight is 361 g/mol. The summed E-state index contributed by atoms with van der Waals surface area (Å²) in [5.41, 5.74) is 0.228. The van der Waals surface area contributed by atoms with Crippen molar-refractivity contribution in [2.24, 2.45) is 0 Å². The van der Waals surface area contributed by atoms with Crippen molar-refractivity contribution in [3.8, 4) is 0 Å². The van der Waals surface area contributed by atoms with Gasteiger partial charge in [-0.15, -0.1) is 0 Å². The van der Waals surface area contributed by atoms with Crippen LogP contribution in [0.15, 0.2) is 9.42 Å². The van der Waals surface area contributed by atoms with Crippen molar-refractivity contribution in [3.05, 3.63) is 11.5 Å². The number of hydrogen-bond acceptors (Lipinski definition) is 6. The zero-order chi connectivity index (χ0) is 18.3. The first-order chi connectivity index (χ1) is 11.1. The molecule has 1 heterocycles. The number of unbranched alkanes of at least 4 members (excludes halogenated alkanes) is 2. The summed E-state index contributed by atoms with van der Waals surface area (Å²) >= 11 is 0. The van der Waals surface area contributed by atoms with E-state index in [1.807, 2.05) is 0 Å². The number of carboxylic acid groups (broad SMARTS) is 1. The number of hydrogen-bond donors (Lipinski definition) is 3. The van der Waals surface area contributed by atoms with E-state index in [0.29, 0.717) is 25.8 Å². The minimum atomic E-state index is -3.90. The van der Waals surface area contributed by atoms with Crippen LogP contribution in [0.25, 0.3) is 0 Å². The van der Waals surface area contributed by atoms with Gasteiger partial charge in [0.15, 0.2) is 5.76 Å². The molecule has 0 fully saturated rings. The standard InChI is InChI=1S/C14H23N3O6S/c1-9-13(11(3)23-16-9)24(21,22)17-10(2)14(20)15-8-6-4-5-7-12(18)19/h10,17H,4-8H2,1-3H3,(H,15,20)(H,18,19). The van der Waals surface area contributed by atoms with E-state index < -0.39 is 27.9 Å². The lowest BCUT2D eigenvalue weighted by atomic mass is 10.2. The summed E-state index contributed by atoms with van der Waals surface area (Å²) in [6, 6.07) is -0.956. The number of carbonyl (C=O) groups is 2. The molecule has 9 nitrogen and oxygen atoms in total. The van der Waals surface area contributed by atoms with Crippen molar-refractivity contribution >= 4 is 21.9 Å². The predicted molar refractivity (Wildman–Crippen MR) is 84.9 cm³/mol. The highest BCUT2D eigenvalue weighted by Crippen LogP contribution is 2.18. The molecule has 10 heteroatoms. The van der Waals surface area contributed by atoms with E-state index in [9.17, 15) is 18.0 Å². The third kappa shape index (κ3) is 5.93. The number of nitrogens with one attached hydrogen (secondary N) is 2. The Labute approximate surface area is 140 Å². The van der Waals surface area contributed by atoms with Gasteiger partial charge in [0, 0.05) is 13.0 Å². The number of aliphatic carboxylic acids is 1. The minimum absolute atomic E-state index is 0.0594. The second kappa shape index (κ2) is 8.78. The number of nitrogens with zero attached hydrogens (tertiary/aromatic N) is 1. The molecule has 0 aliphatic rings. The fourth-order valence-electron chi connectivity index (χ4n) is 2.15. The van der Waals surface area contributed by atoms with E-state index in [1.165, 1.54) is 20.8 Å². The molecule has 0 aliphatic heterocycles. The van der Waals surface area contributed by atoms with Crippen LogP contribution in [-0.4, -0.2) is 43.1 Å². The number of aryl methyl sites for hydroxylation is 2. The van der Waals surface area contributed by atoms with Crippen molar-refractivity contribution in [1.82, 2.24) is 15.2 Å². The van der Waals surface area contributed by atoms with Crippen LogP contribution in [0.2, 0.25) is 0 Å². The van der Waals surface area contributed by atoms with Crippen LogP contribution in [0.5, 0.6) is 0 Å². The third-order valence-corrected chi connectivity index (χ3v) is 5.11. The molecule has 0 spiro atoms. The summed E-state index contributed by atoms with van der Waals surface area (Å²) in [4.78, 5) is 22.2. The third-order valence-electron chi connectivity index (χ3n) is 3.33. The second-order valence-corrected chi connectivity index (χ2v) is 7.14. The van der Waals surface area contributed by atoms with Crippen molar-refractivity contribution in [2.75, 3.05) is 6.54 Å². The average Bonchev–Trinajstić information content (AvgIpc) is 2.81. The van der Waals surface area contributed by atoms with Crippen LogP contribution >= 0.6 is 0 Å². The molecule has 3 N–H and O–H groups in total. The summed E-state index contributed by atoms with van der Waals surface area (Å²) < 4.78 is 31.7. The van der Waals surface area contributed by atoms with E-state index in [-0.39, 0.29) is 22.8 Å². The Morgan fingerprint density at radius 3 is 2.46 bits per heavy atom. The highest BCUT2D eigenvalue weighted by molar-refractivity contribution is 7.89. The summed E-state index contributed by atoms with van der Waals surface area (Å²) in [6.45, 7) is 4.79. The van der Waals surface area contributed by atoms with E-state index >= 15 is 0 Å². The maximum absolute atomic E-state index is 12.3. The molecule has 1 atom stereocenters. The smallest absolute Gasteiger partial charge is 0.303 e. The van der Waals surface area contributed by atoms with Crippen molar-refractivity contribution in [2.45, 2.75) is 57.4 Å². The molecule has 1 aromatic heterocycles. The zero-order valence-electron chi connectivity index (χ0n) is 14.0. The molecule has 0 saturated carbocycles. The highest BCUT2D eigenvalue weighted by atomic mass is 32.2. The van der Waals surface area contributed by atoms with Crippen LogP contribution in [0.3, 0.4) is 0 Å². The molecule has 24 heavy (non-hydrogen) atoms.